The Balaban J connectivity index is 1.33. The van der Waals surface area contributed by atoms with Gasteiger partial charge in [0.2, 0.25) is 0 Å². The van der Waals surface area contributed by atoms with Crippen molar-refractivity contribution in [3.63, 3.8) is 0 Å². The molecule has 0 spiro atoms. The normalized spacial score (nSPS) is 14.8. The van der Waals surface area contributed by atoms with E-state index in [1.54, 1.807) is 0 Å². The molecule has 3 heteroatoms. The third-order valence-electron chi connectivity index (χ3n) is 8.20. The van der Waals surface area contributed by atoms with Crippen LogP contribution in [-0.2, 0) is 0 Å². The highest BCUT2D eigenvalue weighted by Gasteiger charge is 2.19. The Hall–Kier alpha value is -5.02. The van der Waals surface area contributed by atoms with Crippen molar-refractivity contribution in [1.29, 1.82) is 0 Å². The van der Waals surface area contributed by atoms with Crippen LogP contribution >= 0.6 is 0 Å². The number of para-hydroxylation sites is 5. The Kier molecular flexibility index (Phi) is 4.80. The molecule has 0 saturated carbocycles. The van der Waals surface area contributed by atoms with E-state index in [2.05, 4.69) is 130 Å². The van der Waals surface area contributed by atoms with Crippen LogP contribution in [0.3, 0.4) is 0 Å². The van der Waals surface area contributed by atoms with Crippen LogP contribution in [-0.4, -0.2) is 9.13 Å². The summed E-state index contributed by atoms with van der Waals surface area (Å²) in [5.41, 5.74) is 14.5. The first-order valence-electron chi connectivity index (χ1n) is 13.5. The smallest absolute Gasteiger partial charge is 0.0691 e. The summed E-state index contributed by atoms with van der Waals surface area (Å²) in [4.78, 5) is 0. The van der Waals surface area contributed by atoms with Crippen LogP contribution in [0, 0.1) is 0 Å². The molecule has 0 fully saturated rings. The lowest BCUT2D eigenvalue weighted by molar-refractivity contribution is 0.909. The number of hydrogen-bond donors (Lipinski definition) is 1. The van der Waals surface area contributed by atoms with Gasteiger partial charge in [-0.25, -0.2) is 0 Å². The van der Waals surface area contributed by atoms with E-state index in [1.165, 1.54) is 54.5 Å². The van der Waals surface area contributed by atoms with E-state index >= 15 is 0 Å². The Labute approximate surface area is 226 Å². The van der Waals surface area contributed by atoms with Crippen LogP contribution in [0.5, 0.6) is 0 Å². The fourth-order valence-corrected chi connectivity index (χ4v) is 6.43. The predicted molar refractivity (Wildman–Crippen MR) is 164 cm³/mol. The molecule has 0 saturated heterocycles. The van der Waals surface area contributed by atoms with Crippen molar-refractivity contribution in [3.8, 4) is 11.4 Å². The second kappa shape index (κ2) is 8.50. The third-order valence-corrected chi connectivity index (χ3v) is 8.20. The minimum atomic E-state index is 0.299. The van der Waals surface area contributed by atoms with Gasteiger partial charge in [-0.05, 0) is 60.5 Å². The number of nitrogen functional groups attached to an aromatic ring is 1. The summed E-state index contributed by atoms with van der Waals surface area (Å²) in [6.45, 7) is 0. The van der Waals surface area contributed by atoms with Crippen molar-refractivity contribution in [2.24, 2.45) is 0 Å². The number of benzene rings is 5. The molecule has 0 amide bonds. The van der Waals surface area contributed by atoms with E-state index in [1.807, 2.05) is 12.1 Å². The van der Waals surface area contributed by atoms with E-state index < -0.39 is 0 Å². The first-order valence-corrected chi connectivity index (χ1v) is 13.5. The van der Waals surface area contributed by atoms with E-state index in [9.17, 15) is 0 Å². The lowest BCUT2D eigenvalue weighted by Gasteiger charge is -2.16. The van der Waals surface area contributed by atoms with Crippen molar-refractivity contribution in [2.45, 2.75) is 12.3 Å². The summed E-state index contributed by atoms with van der Waals surface area (Å²) < 4.78 is 4.70. The molecule has 1 aliphatic rings. The molecule has 0 aliphatic heterocycles. The van der Waals surface area contributed by atoms with Crippen molar-refractivity contribution < 1.29 is 0 Å². The summed E-state index contributed by atoms with van der Waals surface area (Å²) in [7, 11) is 0. The number of nitrogens with two attached hydrogens (primary N) is 1. The molecule has 0 radical (unpaired) electrons. The maximum absolute atomic E-state index is 6.45. The highest BCUT2D eigenvalue weighted by atomic mass is 15.0. The number of hydrogen-bond acceptors (Lipinski definition) is 1. The van der Waals surface area contributed by atoms with Crippen LogP contribution in [0.2, 0.25) is 0 Å². The zero-order chi connectivity index (χ0) is 25.9. The minimum absolute atomic E-state index is 0.299. The molecule has 1 aliphatic carbocycles. The average molecular weight is 502 g/mol. The molecule has 0 bridgehead atoms. The first-order chi connectivity index (χ1) is 19.3. The monoisotopic (exact) mass is 501 g/mol. The van der Waals surface area contributed by atoms with Gasteiger partial charge in [0.15, 0.2) is 0 Å². The fourth-order valence-electron chi connectivity index (χ4n) is 6.43. The van der Waals surface area contributed by atoms with Crippen LogP contribution in [0.1, 0.15) is 17.9 Å². The topological polar surface area (TPSA) is 35.9 Å². The quantitative estimate of drug-likeness (QED) is 0.259. The van der Waals surface area contributed by atoms with Gasteiger partial charge in [0, 0.05) is 38.3 Å². The summed E-state index contributed by atoms with van der Waals surface area (Å²) in [6.07, 6.45) is 5.80. The van der Waals surface area contributed by atoms with Crippen molar-refractivity contribution in [2.75, 3.05) is 5.73 Å². The molecule has 1 unspecified atom stereocenters. The van der Waals surface area contributed by atoms with Crippen molar-refractivity contribution in [1.82, 2.24) is 9.13 Å². The van der Waals surface area contributed by atoms with Crippen LogP contribution in [0.15, 0.2) is 121 Å². The van der Waals surface area contributed by atoms with Crippen LogP contribution < -0.4 is 16.3 Å². The maximum Gasteiger partial charge on any atom is 0.0691 e. The predicted octanol–water partition coefficient (Wildman–Crippen LogP) is 7.06. The Bertz CT molecular complexity index is 2160. The zero-order valence-corrected chi connectivity index (χ0v) is 21.5. The molecule has 39 heavy (non-hydrogen) atoms. The molecule has 7 aromatic rings. The summed E-state index contributed by atoms with van der Waals surface area (Å²) in [5, 5.41) is 6.36. The van der Waals surface area contributed by atoms with Crippen molar-refractivity contribution in [3.05, 3.63) is 137 Å². The van der Waals surface area contributed by atoms with E-state index in [0.717, 1.165) is 17.8 Å². The maximum atomic E-state index is 6.45. The van der Waals surface area contributed by atoms with Gasteiger partial charge in [0.1, 0.15) is 0 Å². The molecular weight excluding hydrogens is 474 g/mol. The number of anilines is 1. The Morgan fingerprint density at radius 3 is 2.08 bits per heavy atom. The van der Waals surface area contributed by atoms with Gasteiger partial charge in [-0.2, -0.15) is 0 Å². The molecule has 2 aromatic heterocycles. The summed E-state index contributed by atoms with van der Waals surface area (Å²) in [6, 6.07) is 43.2. The summed E-state index contributed by atoms with van der Waals surface area (Å²) >= 11 is 0. The SMILES string of the molecule is Nc1ccccc1-n1c2c(c3ccccc31)=CC(c1ccc3c(c1)c1ccccc1n3-c1ccccc1)CC=2. The van der Waals surface area contributed by atoms with Gasteiger partial charge < -0.3 is 14.9 Å². The van der Waals surface area contributed by atoms with Crippen molar-refractivity contribution >= 4 is 50.5 Å². The van der Waals surface area contributed by atoms with Gasteiger partial charge >= 0.3 is 0 Å². The molecule has 2 heterocycles. The van der Waals surface area contributed by atoms with E-state index in [4.69, 9.17) is 5.73 Å². The Morgan fingerprint density at radius 1 is 0.590 bits per heavy atom. The largest absolute Gasteiger partial charge is 0.397 e. The molecule has 186 valence electrons. The van der Waals surface area contributed by atoms with Gasteiger partial charge in [-0.1, -0.05) is 84.9 Å². The van der Waals surface area contributed by atoms with E-state index in [-0.39, 0.29) is 0 Å². The highest BCUT2D eigenvalue weighted by molar-refractivity contribution is 6.09. The first kappa shape index (κ1) is 22.0. The number of aromatic nitrogens is 2. The Morgan fingerprint density at radius 2 is 1.26 bits per heavy atom. The second-order valence-corrected chi connectivity index (χ2v) is 10.4. The third kappa shape index (κ3) is 3.30. The summed E-state index contributed by atoms with van der Waals surface area (Å²) in [5.74, 6) is 0.299. The number of fused-ring (bicyclic) bond motifs is 6. The highest BCUT2D eigenvalue weighted by Crippen LogP contribution is 2.35. The zero-order valence-electron chi connectivity index (χ0n) is 21.5. The van der Waals surface area contributed by atoms with E-state index in [0.29, 0.717) is 5.92 Å². The average Bonchev–Trinajstić information content (AvgIpc) is 3.50. The van der Waals surface area contributed by atoms with Gasteiger partial charge in [0.05, 0.1) is 27.9 Å². The molecule has 8 rings (SSSR count). The molecule has 3 nitrogen and oxygen atoms in total. The van der Waals surface area contributed by atoms with Gasteiger partial charge in [-0.15, -0.1) is 0 Å². The molecule has 1 atom stereocenters. The molecular formula is C36H27N3. The fraction of sp³-hybridized carbons (Fsp3) is 0.0556. The number of nitrogens with zero attached hydrogens (tertiary/aromatic N) is 2. The minimum Gasteiger partial charge on any atom is -0.397 e. The van der Waals surface area contributed by atoms with Crippen LogP contribution in [0.4, 0.5) is 5.69 Å². The molecule has 5 aromatic carbocycles. The number of rotatable bonds is 3. The second-order valence-electron chi connectivity index (χ2n) is 10.4. The lowest BCUT2D eigenvalue weighted by Crippen LogP contribution is -2.32. The van der Waals surface area contributed by atoms with Gasteiger partial charge in [0.25, 0.3) is 0 Å². The molecule has 2 N–H and O–H groups in total. The van der Waals surface area contributed by atoms with Gasteiger partial charge in [-0.3, -0.25) is 0 Å². The van der Waals surface area contributed by atoms with Crippen LogP contribution in [0.25, 0.3) is 56.2 Å². The lowest BCUT2D eigenvalue weighted by atomic mass is 9.90. The standard InChI is InChI=1S/C36H27N3/c37-31-14-6-9-17-36(31)39-33-16-8-5-13-28(33)30-23-25(19-21-35(30)39)24-18-20-34-29(22-24)27-12-4-7-15-32(27)38(34)26-10-2-1-3-11-26/h1-18,20-23,25H,19,37H2.